The zero-order valence-corrected chi connectivity index (χ0v) is 13.3. The highest BCUT2D eigenvalue weighted by atomic mass is 32.2. The van der Waals surface area contributed by atoms with E-state index >= 15 is 0 Å². The lowest BCUT2D eigenvalue weighted by atomic mass is 10.6. The molecule has 0 aliphatic heterocycles. The molecule has 1 rings (SSSR count). The summed E-state index contributed by atoms with van der Waals surface area (Å²) in [4.78, 5) is 5.10. The summed E-state index contributed by atoms with van der Waals surface area (Å²) in [6.45, 7) is 5.26. The Labute approximate surface area is 115 Å². The van der Waals surface area contributed by atoms with E-state index in [0.717, 1.165) is 9.88 Å². The molecule has 0 saturated heterocycles. The van der Waals surface area contributed by atoms with Crippen LogP contribution in [0.4, 0.5) is 0 Å². The van der Waals surface area contributed by atoms with Gasteiger partial charge < -0.3 is 0 Å². The van der Waals surface area contributed by atoms with Crippen molar-refractivity contribution in [1.82, 2.24) is 4.98 Å². The molecule has 18 heavy (non-hydrogen) atoms. The summed E-state index contributed by atoms with van der Waals surface area (Å²) >= 11 is 1.54. The largest absolute Gasteiger partial charge is 0.259 e. The molecule has 1 aromatic rings. The normalized spacial score (nSPS) is 14.0. The Morgan fingerprint density at radius 1 is 1.44 bits per heavy atom. The molecule has 1 aromatic heterocycles. The fourth-order valence-corrected chi connectivity index (χ4v) is 4.78. The molecule has 0 spiro atoms. The Morgan fingerprint density at radius 2 is 2.11 bits per heavy atom. The summed E-state index contributed by atoms with van der Waals surface area (Å²) in [6.07, 6.45) is 2.20. The van der Waals surface area contributed by atoms with Gasteiger partial charge in [-0.25, -0.2) is 13.4 Å². The van der Waals surface area contributed by atoms with Crippen LogP contribution in [-0.2, 0) is 26.4 Å². The summed E-state index contributed by atoms with van der Waals surface area (Å²) in [6, 6.07) is 0. The predicted octanol–water partition coefficient (Wildman–Crippen LogP) is 1.91. The monoisotopic (exact) mass is 309 g/mol. The number of nitrogens with zero attached hydrogens (tertiary/aromatic N) is 1. The van der Waals surface area contributed by atoms with Crippen LogP contribution in [0.5, 0.6) is 0 Å². The van der Waals surface area contributed by atoms with Gasteiger partial charge >= 0.3 is 0 Å². The third kappa shape index (κ3) is 5.16. The van der Waals surface area contributed by atoms with E-state index in [-0.39, 0.29) is 11.0 Å². The van der Waals surface area contributed by atoms with Crippen LogP contribution < -0.4 is 0 Å². The van der Waals surface area contributed by atoms with Gasteiger partial charge in [0.05, 0.1) is 21.8 Å². The smallest absolute Gasteiger partial charge is 0.152 e. The van der Waals surface area contributed by atoms with Crippen molar-refractivity contribution in [1.29, 1.82) is 0 Å². The maximum absolute atomic E-state index is 11.8. The quantitative estimate of drug-likeness (QED) is 0.772. The van der Waals surface area contributed by atoms with Gasteiger partial charge in [-0.1, -0.05) is 0 Å². The minimum absolute atomic E-state index is 0.123. The second-order valence-corrected chi connectivity index (χ2v) is 9.98. The molecule has 0 N–H and O–H groups in total. The molecule has 0 fully saturated rings. The number of aromatic nitrogens is 1. The van der Waals surface area contributed by atoms with Crippen molar-refractivity contribution in [3.63, 3.8) is 0 Å². The highest BCUT2D eigenvalue weighted by molar-refractivity contribution is 7.92. The van der Waals surface area contributed by atoms with E-state index in [2.05, 4.69) is 4.98 Å². The first-order valence-corrected chi connectivity index (χ1v) is 9.81. The SMILES string of the molecule is Cc1ncc(C[S@@](=O)CCCS(=O)(=O)C(C)C)s1. The zero-order chi connectivity index (χ0) is 13.8. The number of sulfone groups is 1. The van der Waals surface area contributed by atoms with Gasteiger partial charge in [0.15, 0.2) is 9.84 Å². The minimum atomic E-state index is -3.01. The maximum atomic E-state index is 11.8. The van der Waals surface area contributed by atoms with Gasteiger partial charge in [0.25, 0.3) is 0 Å². The van der Waals surface area contributed by atoms with E-state index in [0.29, 0.717) is 17.9 Å². The minimum Gasteiger partial charge on any atom is -0.259 e. The summed E-state index contributed by atoms with van der Waals surface area (Å²) in [5.74, 6) is 1.04. The first-order valence-electron chi connectivity index (χ1n) is 5.79. The molecule has 0 bridgehead atoms. The zero-order valence-electron chi connectivity index (χ0n) is 10.9. The summed E-state index contributed by atoms with van der Waals surface area (Å²) in [5, 5.41) is 0.611. The molecule has 7 heteroatoms. The second kappa shape index (κ2) is 6.77. The van der Waals surface area contributed by atoms with Crippen LogP contribution in [-0.4, -0.2) is 34.4 Å². The Morgan fingerprint density at radius 3 is 2.61 bits per heavy atom. The lowest BCUT2D eigenvalue weighted by Crippen LogP contribution is -2.19. The second-order valence-electron chi connectivity index (χ2n) is 4.40. The van der Waals surface area contributed by atoms with E-state index in [1.165, 1.54) is 11.3 Å². The van der Waals surface area contributed by atoms with Crippen molar-refractivity contribution in [2.45, 2.75) is 38.2 Å². The number of rotatable bonds is 7. The number of hydrogen-bond donors (Lipinski definition) is 0. The van der Waals surface area contributed by atoms with Crippen molar-refractivity contribution >= 4 is 32.0 Å². The van der Waals surface area contributed by atoms with Gasteiger partial charge in [0, 0.05) is 27.6 Å². The average molecular weight is 309 g/mol. The highest BCUT2D eigenvalue weighted by Gasteiger charge is 2.16. The van der Waals surface area contributed by atoms with Gasteiger partial charge in [-0.15, -0.1) is 11.3 Å². The van der Waals surface area contributed by atoms with Crippen molar-refractivity contribution in [2.24, 2.45) is 0 Å². The molecule has 0 saturated carbocycles. The van der Waals surface area contributed by atoms with Gasteiger partial charge in [-0.2, -0.15) is 0 Å². The lowest BCUT2D eigenvalue weighted by molar-refractivity contribution is 0.586. The Bertz CT molecular complexity index is 505. The van der Waals surface area contributed by atoms with Crippen molar-refractivity contribution < 1.29 is 12.6 Å². The molecule has 0 unspecified atom stereocenters. The molecule has 0 radical (unpaired) electrons. The Hall–Kier alpha value is -0.270. The van der Waals surface area contributed by atoms with Crippen LogP contribution in [0.2, 0.25) is 0 Å². The van der Waals surface area contributed by atoms with Crippen LogP contribution >= 0.6 is 11.3 Å². The molecule has 0 aliphatic carbocycles. The standard InChI is InChI=1S/C11H19NO3S3/c1-9(2)18(14,15)6-4-5-17(13)8-11-7-12-10(3)16-11/h7,9H,4-6,8H2,1-3H3/t17-/m0/s1. The number of hydrogen-bond acceptors (Lipinski definition) is 5. The number of thiazole rings is 1. The molecule has 1 atom stereocenters. The van der Waals surface area contributed by atoms with Gasteiger partial charge in [0.1, 0.15) is 0 Å². The van der Waals surface area contributed by atoms with Crippen LogP contribution in [0.25, 0.3) is 0 Å². The van der Waals surface area contributed by atoms with E-state index in [9.17, 15) is 12.6 Å². The van der Waals surface area contributed by atoms with Crippen LogP contribution in [0, 0.1) is 6.92 Å². The third-order valence-corrected chi connectivity index (χ3v) is 7.26. The average Bonchev–Trinajstić information content (AvgIpc) is 2.63. The van der Waals surface area contributed by atoms with Gasteiger partial charge in [-0.05, 0) is 27.2 Å². The Kier molecular flexibility index (Phi) is 5.94. The van der Waals surface area contributed by atoms with Crippen molar-refractivity contribution in [3.05, 3.63) is 16.1 Å². The first-order chi connectivity index (χ1) is 8.31. The molecule has 104 valence electrons. The molecule has 1 heterocycles. The summed E-state index contributed by atoms with van der Waals surface area (Å²) in [7, 11) is -4.01. The van der Waals surface area contributed by atoms with Crippen LogP contribution in [0.3, 0.4) is 0 Å². The van der Waals surface area contributed by atoms with E-state index < -0.39 is 20.6 Å². The van der Waals surface area contributed by atoms with Crippen LogP contribution in [0.1, 0.15) is 30.2 Å². The number of aryl methyl sites for hydroxylation is 1. The lowest BCUT2D eigenvalue weighted by Gasteiger charge is -2.06. The van der Waals surface area contributed by atoms with Crippen molar-refractivity contribution in [3.8, 4) is 0 Å². The Balaban J connectivity index is 2.34. The molecule has 0 aromatic carbocycles. The first kappa shape index (κ1) is 15.8. The molecule has 0 aliphatic rings. The van der Waals surface area contributed by atoms with Crippen molar-refractivity contribution in [2.75, 3.05) is 11.5 Å². The highest BCUT2D eigenvalue weighted by Crippen LogP contribution is 2.14. The third-order valence-electron chi connectivity index (χ3n) is 2.49. The summed E-state index contributed by atoms with van der Waals surface area (Å²) in [5.41, 5.74) is 0. The maximum Gasteiger partial charge on any atom is 0.152 e. The molecular formula is C11H19NO3S3. The van der Waals surface area contributed by atoms with Gasteiger partial charge in [-0.3, -0.25) is 4.21 Å². The summed E-state index contributed by atoms with van der Waals surface area (Å²) < 4.78 is 34.9. The molecule has 4 nitrogen and oxygen atoms in total. The molecule has 0 amide bonds. The van der Waals surface area contributed by atoms with E-state index in [1.807, 2.05) is 6.92 Å². The van der Waals surface area contributed by atoms with E-state index in [1.54, 1.807) is 20.0 Å². The fourth-order valence-electron chi connectivity index (χ4n) is 1.36. The fraction of sp³-hybridized carbons (Fsp3) is 0.727. The molecular weight excluding hydrogens is 290 g/mol. The predicted molar refractivity (Wildman–Crippen MR) is 77.1 cm³/mol. The van der Waals surface area contributed by atoms with Gasteiger partial charge in [0.2, 0.25) is 0 Å². The topological polar surface area (TPSA) is 64.1 Å². The van der Waals surface area contributed by atoms with Crippen LogP contribution in [0.15, 0.2) is 6.20 Å². The van der Waals surface area contributed by atoms with E-state index in [4.69, 9.17) is 0 Å².